The molecule has 1 aliphatic heterocycles. The van der Waals surface area contributed by atoms with Crippen molar-refractivity contribution in [1.82, 2.24) is 9.55 Å². The molecule has 1 saturated heterocycles. The highest BCUT2D eigenvalue weighted by molar-refractivity contribution is 5.92. The molecule has 2 atom stereocenters. The molecule has 0 spiro atoms. The SMILES string of the molecule is CO[C@@]1(C)COC[C@H]1n1cnc2ccc(C(=O)O)cc21. The molecule has 0 saturated carbocycles. The summed E-state index contributed by atoms with van der Waals surface area (Å²) in [6.45, 7) is 3.01. The zero-order valence-corrected chi connectivity index (χ0v) is 11.4. The van der Waals surface area contributed by atoms with Gasteiger partial charge in [-0.3, -0.25) is 0 Å². The predicted molar refractivity (Wildman–Crippen MR) is 72.0 cm³/mol. The van der Waals surface area contributed by atoms with E-state index in [0.29, 0.717) is 13.2 Å². The molecular weight excluding hydrogens is 260 g/mol. The lowest BCUT2D eigenvalue weighted by atomic mass is 10.00. The Kier molecular flexibility index (Phi) is 2.99. The van der Waals surface area contributed by atoms with Crippen LogP contribution in [0.1, 0.15) is 23.3 Å². The van der Waals surface area contributed by atoms with Crippen molar-refractivity contribution >= 4 is 17.0 Å². The Bertz CT molecular complexity index is 666. The molecule has 1 aromatic heterocycles. The van der Waals surface area contributed by atoms with Gasteiger partial charge < -0.3 is 19.1 Å². The zero-order valence-electron chi connectivity index (χ0n) is 11.4. The number of nitrogens with zero attached hydrogens (tertiary/aromatic N) is 2. The van der Waals surface area contributed by atoms with Gasteiger partial charge in [-0.2, -0.15) is 0 Å². The number of carbonyl (C=O) groups is 1. The van der Waals surface area contributed by atoms with E-state index >= 15 is 0 Å². The van der Waals surface area contributed by atoms with Gasteiger partial charge in [-0.25, -0.2) is 9.78 Å². The fourth-order valence-corrected chi connectivity index (χ4v) is 2.62. The molecule has 2 heterocycles. The van der Waals surface area contributed by atoms with E-state index in [0.717, 1.165) is 11.0 Å². The van der Waals surface area contributed by atoms with E-state index < -0.39 is 11.6 Å². The van der Waals surface area contributed by atoms with E-state index in [2.05, 4.69) is 4.98 Å². The van der Waals surface area contributed by atoms with Gasteiger partial charge in [-0.1, -0.05) is 0 Å². The van der Waals surface area contributed by atoms with Crippen molar-refractivity contribution in [3.05, 3.63) is 30.1 Å². The molecule has 6 heteroatoms. The molecule has 1 fully saturated rings. The van der Waals surface area contributed by atoms with Crippen molar-refractivity contribution in [3.63, 3.8) is 0 Å². The fraction of sp³-hybridized carbons (Fsp3) is 0.429. The number of hydrogen-bond acceptors (Lipinski definition) is 4. The van der Waals surface area contributed by atoms with E-state index in [1.807, 2.05) is 11.5 Å². The molecule has 3 rings (SSSR count). The number of methoxy groups -OCH3 is 1. The second kappa shape index (κ2) is 4.57. The van der Waals surface area contributed by atoms with Gasteiger partial charge in [-0.15, -0.1) is 0 Å². The minimum Gasteiger partial charge on any atom is -0.478 e. The molecule has 106 valence electrons. The van der Waals surface area contributed by atoms with Crippen LogP contribution in [0.25, 0.3) is 11.0 Å². The number of ether oxygens (including phenoxy) is 2. The Hall–Kier alpha value is -1.92. The first-order valence-electron chi connectivity index (χ1n) is 6.38. The van der Waals surface area contributed by atoms with Crippen molar-refractivity contribution in [2.24, 2.45) is 0 Å². The molecule has 1 N–H and O–H groups in total. The maximum Gasteiger partial charge on any atom is 0.335 e. The first-order chi connectivity index (χ1) is 9.55. The minimum atomic E-state index is -0.947. The molecule has 0 aliphatic carbocycles. The van der Waals surface area contributed by atoms with Gasteiger partial charge in [0, 0.05) is 7.11 Å². The summed E-state index contributed by atoms with van der Waals surface area (Å²) in [5, 5.41) is 9.11. The Morgan fingerprint density at radius 2 is 2.40 bits per heavy atom. The third-order valence-corrected chi connectivity index (χ3v) is 3.99. The lowest BCUT2D eigenvalue weighted by Crippen LogP contribution is -2.37. The van der Waals surface area contributed by atoms with Crippen molar-refractivity contribution in [2.45, 2.75) is 18.6 Å². The molecule has 2 aromatic rings. The normalized spacial score (nSPS) is 26.2. The molecule has 0 bridgehead atoms. The van der Waals surface area contributed by atoms with Gasteiger partial charge in [0.15, 0.2) is 0 Å². The van der Waals surface area contributed by atoms with Crippen molar-refractivity contribution in [2.75, 3.05) is 20.3 Å². The molecule has 0 amide bonds. The monoisotopic (exact) mass is 276 g/mol. The Labute approximate surface area is 115 Å². The number of imidazole rings is 1. The van der Waals surface area contributed by atoms with E-state index in [4.69, 9.17) is 14.6 Å². The summed E-state index contributed by atoms with van der Waals surface area (Å²) in [6, 6.07) is 4.89. The summed E-state index contributed by atoms with van der Waals surface area (Å²) in [5.74, 6) is -0.947. The number of hydrogen-bond donors (Lipinski definition) is 1. The van der Waals surface area contributed by atoms with Crippen LogP contribution in [0.3, 0.4) is 0 Å². The summed E-state index contributed by atoms with van der Waals surface area (Å²) in [6.07, 6.45) is 1.72. The molecule has 6 nitrogen and oxygen atoms in total. The molecule has 0 radical (unpaired) electrons. The van der Waals surface area contributed by atoms with Crippen molar-refractivity contribution < 1.29 is 19.4 Å². The van der Waals surface area contributed by atoms with E-state index in [9.17, 15) is 4.79 Å². The number of carboxylic acid groups (broad SMARTS) is 1. The van der Waals surface area contributed by atoms with Crippen LogP contribution in [-0.4, -0.2) is 46.6 Å². The van der Waals surface area contributed by atoms with Gasteiger partial charge >= 0.3 is 5.97 Å². The first kappa shape index (κ1) is 13.1. The zero-order chi connectivity index (χ0) is 14.3. The standard InChI is InChI=1S/C14H16N2O4/c1-14(19-2)7-20-6-12(14)16-8-15-10-4-3-9(13(17)18)5-11(10)16/h3-5,8,12H,6-7H2,1-2H3,(H,17,18)/t12-,14+/m1/s1. The quantitative estimate of drug-likeness (QED) is 0.923. The average molecular weight is 276 g/mol. The van der Waals surface area contributed by atoms with Crippen LogP contribution >= 0.6 is 0 Å². The molecular formula is C14H16N2O4. The lowest BCUT2D eigenvalue weighted by Gasteiger charge is -2.29. The van der Waals surface area contributed by atoms with Crippen molar-refractivity contribution in [3.8, 4) is 0 Å². The summed E-state index contributed by atoms with van der Waals surface area (Å²) >= 11 is 0. The van der Waals surface area contributed by atoms with Crippen LogP contribution in [-0.2, 0) is 9.47 Å². The van der Waals surface area contributed by atoms with Gasteiger partial charge in [0.1, 0.15) is 5.60 Å². The van der Waals surface area contributed by atoms with Crippen LogP contribution in [0.15, 0.2) is 24.5 Å². The average Bonchev–Trinajstić information content (AvgIpc) is 3.01. The number of rotatable bonds is 3. The molecule has 20 heavy (non-hydrogen) atoms. The number of carboxylic acids is 1. The number of fused-ring (bicyclic) bond motifs is 1. The third kappa shape index (κ3) is 1.88. The number of aromatic nitrogens is 2. The first-order valence-corrected chi connectivity index (χ1v) is 6.38. The predicted octanol–water partition coefficient (Wildman–Crippen LogP) is 1.71. The summed E-state index contributed by atoms with van der Waals surface area (Å²) < 4.78 is 13.0. The van der Waals surface area contributed by atoms with Crippen LogP contribution in [0.4, 0.5) is 0 Å². The third-order valence-electron chi connectivity index (χ3n) is 3.99. The summed E-state index contributed by atoms with van der Waals surface area (Å²) in [5.41, 5.74) is 1.36. The van der Waals surface area contributed by atoms with Crippen molar-refractivity contribution in [1.29, 1.82) is 0 Å². The number of aromatic carboxylic acids is 1. The highest BCUT2D eigenvalue weighted by Gasteiger charge is 2.42. The Morgan fingerprint density at radius 3 is 3.10 bits per heavy atom. The summed E-state index contributed by atoms with van der Waals surface area (Å²) in [4.78, 5) is 15.4. The van der Waals surface area contributed by atoms with Crippen LogP contribution < -0.4 is 0 Å². The maximum absolute atomic E-state index is 11.1. The smallest absolute Gasteiger partial charge is 0.335 e. The fourth-order valence-electron chi connectivity index (χ4n) is 2.62. The van der Waals surface area contributed by atoms with Crippen LogP contribution in [0.2, 0.25) is 0 Å². The van der Waals surface area contributed by atoms with E-state index in [1.165, 1.54) is 0 Å². The second-order valence-electron chi connectivity index (χ2n) is 5.21. The number of benzene rings is 1. The Morgan fingerprint density at radius 1 is 1.60 bits per heavy atom. The van der Waals surface area contributed by atoms with Gasteiger partial charge in [0.2, 0.25) is 0 Å². The topological polar surface area (TPSA) is 73.6 Å². The van der Waals surface area contributed by atoms with E-state index in [1.54, 1.807) is 31.6 Å². The van der Waals surface area contributed by atoms with E-state index in [-0.39, 0.29) is 11.6 Å². The van der Waals surface area contributed by atoms with Crippen LogP contribution in [0, 0.1) is 0 Å². The Balaban J connectivity index is 2.12. The highest BCUT2D eigenvalue weighted by Crippen LogP contribution is 2.34. The van der Waals surface area contributed by atoms with Gasteiger partial charge in [-0.05, 0) is 25.1 Å². The molecule has 1 aromatic carbocycles. The summed E-state index contributed by atoms with van der Waals surface area (Å²) in [7, 11) is 1.66. The maximum atomic E-state index is 11.1. The largest absolute Gasteiger partial charge is 0.478 e. The molecule has 0 unspecified atom stereocenters. The highest BCUT2D eigenvalue weighted by atomic mass is 16.6. The second-order valence-corrected chi connectivity index (χ2v) is 5.21. The lowest BCUT2D eigenvalue weighted by molar-refractivity contribution is -0.0214. The minimum absolute atomic E-state index is 0.0263. The van der Waals surface area contributed by atoms with Gasteiger partial charge in [0.05, 0.1) is 42.2 Å². The van der Waals surface area contributed by atoms with Crippen LogP contribution in [0.5, 0.6) is 0 Å². The van der Waals surface area contributed by atoms with Gasteiger partial charge in [0.25, 0.3) is 0 Å². The molecule has 1 aliphatic rings.